The van der Waals surface area contributed by atoms with Crippen molar-refractivity contribution in [2.75, 3.05) is 11.9 Å². The van der Waals surface area contributed by atoms with Crippen LogP contribution in [0.3, 0.4) is 0 Å². The molecule has 0 aliphatic heterocycles. The van der Waals surface area contributed by atoms with Crippen LogP contribution in [0.15, 0.2) is 18.2 Å². The van der Waals surface area contributed by atoms with E-state index < -0.39 is 10.5 Å². The summed E-state index contributed by atoms with van der Waals surface area (Å²) >= 11 is 5.85. The maximum Gasteiger partial charge on any atom is 0.310 e. The van der Waals surface area contributed by atoms with Gasteiger partial charge in [-0.3, -0.25) is 10.1 Å². The Morgan fingerprint density at radius 2 is 2.11 bits per heavy atom. The molecule has 0 amide bonds. The van der Waals surface area contributed by atoms with Crippen molar-refractivity contribution in [2.24, 2.45) is 0 Å². The summed E-state index contributed by atoms with van der Waals surface area (Å²) in [5.74, 6) is 0. The zero-order chi connectivity index (χ0) is 13.2. The molecule has 18 heavy (non-hydrogen) atoms. The topological polar surface area (TPSA) is 75.4 Å². The Bertz CT molecular complexity index is 459. The van der Waals surface area contributed by atoms with Crippen molar-refractivity contribution in [3.63, 3.8) is 0 Å². The number of rotatable bonds is 4. The lowest BCUT2D eigenvalue weighted by molar-refractivity contribution is -0.383. The number of nitro groups is 1. The second-order valence-corrected chi connectivity index (χ2v) is 5.07. The first-order chi connectivity index (χ1) is 8.58. The summed E-state index contributed by atoms with van der Waals surface area (Å²) in [6.45, 7) is -0.0311. The van der Waals surface area contributed by atoms with E-state index in [4.69, 9.17) is 11.6 Å². The molecule has 1 aliphatic carbocycles. The number of nitro benzene ring substituents is 1. The van der Waals surface area contributed by atoms with E-state index in [1.165, 1.54) is 6.07 Å². The molecule has 0 spiro atoms. The Morgan fingerprint density at radius 1 is 1.44 bits per heavy atom. The van der Waals surface area contributed by atoms with Gasteiger partial charge in [0.15, 0.2) is 0 Å². The first-order valence-corrected chi connectivity index (χ1v) is 6.28. The number of anilines is 1. The molecule has 0 saturated heterocycles. The number of halogens is 1. The molecule has 0 radical (unpaired) electrons. The van der Waals surface area contributed by atoms with Crippen molar-refractivity contribution in [1.29, 1.82) is 0 Å². The van der Waals surface area contributed by atoms with E-state index in [9.17, 15) is 15.2 Å². The van der Waals surface area contributed by atoms with Gasteiger partial charge in [-0.05, 0) is 25.0 Å². The van der Waals surface area contributed by atoms with E-state index in [0.717, 1.165) is 25.7 Å². The number of para-hydroxylation sites is 1. The van der Waals surface area contributed by atoms with Crippen LogP contribution in [-0.4, -0.2) is 22.2 Å². The third-order valence-corrected chi connectivity index (χ3v) is 3.74. The SMILES string of the molecule is O=[N+]([O-])c1c(Cl)cccc1NC1(CO)CCCC1. The molecule has 1 aromatic rings. The monoisotopic (exact) mass is 270 g/mol. The third kappa shape index (κ3) is 2.42. The first-order valence-electron chi connectivity index (χ1n) is 5.90. The number of benzene rings is 1. The number of hydrogen-bond donors (Lipinski definition) is 2. The molecule has 0 atom stereocenters. The van der Waals surface area contributed by atoms with Crippen LogP contribution in [0.5, 0.6) is 0 Å². The zero-order valence-electron chi connectivity index (χ0n) is 9.86. The lowest BCUT2D eigenvalue weighted by Crippen LogP contribution is -2.39. The molecule has 1 fully saturated rings. The summed E-state index contributed by atoms with van der Waals surface area (Å²) in [6.07, 6.45) is 3.66. The van der Waals surface area contributed by atoms with Gasteiger partial charge in [-0.25, -0.2) is 0 Å². The van der Waals surface area contributed by atoms with E-state index in [1.54, 1.807) is 12.1 Å². The summed E-state index contributed by atoms with van der Waals surface area (Å²) < 4.78 is 0. The summed E-state index contributed by atoms with van der Waals surface area (Å²) in [5.41, 5.74) is -0.197. The molecule has 1 saturated carbocycles. The zero-order valence-corrected chi connectivity index (χ0v) is 10.6. The predicted octanol–water partition coefficient (Wildman–Crippen LogP) is 2.97. The highest BCUT2D eigenvalue weighted by atomic mass is 35.5. The average Bonchev–Trinajstić information content (AvgIpc) is 2.78. The highest BCUT2D eigenvalue weighted by Gasteiger charge is 2.35. The van der Waals surface area contributed by atoms with Gasteiger partial charge in [-0.1, -0.05) is 30.5 Å². The Balaban J connectivity index is 2.34. The molecule has 2 N–H and O–H groups in total. The van der Waals surface area contributed by atoms with Crippen LogP contribution in [0, 0.1) is 10.1 Å². The summed E-state index contributed by atoms with van der Waals surface area (Å²) in [4.78, 5) is 10.5. The van der Waals surface area contributed by atoms with Crippen LogP contribution < -0.4 is 5.32 Å². The van der Waals surface area contributed by atoms with Crippen LogP contribution in [0.25, 0.3) is 0 Å². The summed E-state index contributed by atoms with van der Waals surface area (Å²) in [6, 6.07) is 4.78. The second-order valence-electron chi connectivity index (χ2n) is 4.66. The van der Waals surface area contributed by atoms with E-state index in [2.05, 4.69) is 5.32 Å². The fraction of sp³-hybridized carbons (Fsp3) is 0.500. The molecule has 0 heterocycles. The molecule has 1 aliphatic rings. The first kappa shape index (κ1) is 13.1. The number of nitrogens with one attached hydrogen (secondary N) is 1. The molecular formula is C12H15ClN2O3. The maximum atomic E-state index is 11.0. The van der Waals surface area contributed by atoms with Crippen LogP contribution in [-0.2, 0) is 0 Å². The molecule has 0 unspecified atom stereocenters. The Labute approximate surface area is 110 Å². The lowest BCUT2D eigenvalue weighted by Gasteiger charge is -2.29. The van der Waals surface area contributed by atoms with Gasteiger partial charge >= 0.3 is 5.69 Å². The highest BCUT2D eigenvalue weighted by Crippen LogP contribution is 2.38. The van der Waals surface area contributed by atoms with Gasteiger partial charge in [0.2, 0.25) is 0 Å². The molecule has 6 heteroatoms. The number of aliphatic hydroxyl groups excluding tert-OH is 1. The van der Waals surface area contributed by atoms with E-state index in [-0.39, 0.29) is 17.3 Å². The quantitative estimate of drug-likeness (QED) is 0.651. The second kappa shape index (κ2) is 5.12. The van der Waals surface area contributed by atoms with Crippen LogP contribution >= 0.6 is 11.6 Å². The minimum atomic E-state index is -0.495. The number of nitrogens with zero attached hydrogens (tertiary/aromatic N) is 1. The van der Waals surface area contributed by atoms with Crippen molar-refractivity contribution in [1.82, 2.24) is 0 Å². The predicted molar refractivity (Wildman–Crippen MR) is 70.0 cm³/mol. The normalized spacial score (nSPS) is 17.7. The van der Waals surface area contributed by atoms with Crippen LogP contribution in [0.1, 0.15) is 25.7 Å². The van der Waals surface area contributed by atoms with Gasteiger partial charge < -0.3 is 10.4 Å². The summed E-state index contributed by atoms with van der Waals surface area (Å²) in [7, 11) is 0. The molecule has 98 valence electrons. The van der Waals surface area contributed by atoms with E-state index in [0.29, 0.717) is 5.69 Å². The minimum Gasteiger partial charge on any atom is -0.394 e. The van der Waals surface area contributed by atoms with E-state index in [1.807, 2.05) is 0 Å². The van der Waals surface area contributed by atoms with Crippen molar-refractivity contribution in [3.05, 3.63) is 33.3 Å². The average molecular weight is 271 g/mol. The minimum absolute atomic E-state index is 0.0311. The van der Waals surface area contributed by atoms with Crippen molar-refractivity contribution in [2.45, 2.75) is 31.2 Å². The molecule has 2 rings (SSSR count). The third-order valence-electron chi connectivity index (χ3n) is 3.43. The van der Waals surface area contributed by atoms with Gasteiger partial charge in [0.25, 0.3) is 0 Å². The molecule has 0 aromatic heterocycles. The van der Waals surface area contributed by atoms with Gasteiger partial charge in [-0.15, -0.1) is 0 Å². The fourth-order valence-electron chi connectivity index (χ4n) is 2.46. The largest absolute Gasteiger partial charge is 0.394 e. The number of aliphatic hydroxyl groups is 1. The van der Waals surface area contributed by atoms with Gasteiger partial charge in [0, 0.05) is 0 Å². The Hall–Kier alpha value is -1.33. The smallest absolute Gasteiger partial charge is 0.310 e. The van der Waals surface area contributed by atoms with Gasteiger partial charge in [0.1, 0.15) is 10.7 Å². The molecule has 1 aromatic carbocycles. The number of hydrogen-bond acceptors (Lipinski definition) is 4. The van der Waals surface area contributed by atoms with Crippen molar-refractivity contribution >= 4 is 23.0 Å². The maximum absolute atomic E-state index is 11.0. The van der Waals surface area contributed by atoms with Gasteiger partial charge in [-0.2, -0.15) is 0 Å². The van der Waals surface area contributed by atoms with Crippen molar-refractivity contribution in [3.8, 4) is 0 Å². The van der Waals surface area contributed by atoms with Gasteiger partial charge in [0.05, 0.1) is 17.1 Å². The lowest BCUT2D eigenvalue weighted by atomic mass is 9.98. The van der Waals surface area contributed by atoms with Crippen LogP contribution in [0.4, 0.5) is 11.4 Å². The van der Waals surface area contributed by atoms with Crippen molar-refractivity contribution < 1.29 is 10.0 Å². The van der Waals surface area contributed by atoms with E-state index >= 15 is 0 Å². The standard InChI is InChI=1S/C12H15ClN2O3/c13-9-4-3-5-10(11(9)15(17)18)14-12(8-16)6-1-2-7-12/h3-5,14,16H,1-2,6-8H2. The molecular weight excluding hydrogens is 256 g/mol. The summed E-state index contributed by atoms with van der Waals surface area (Å²) in [5, 5.41) is 23.8. The Kier molecular flexibility index (Phi) is 3.73. The fourth-order valence-corrected chi connectivity index (χ4v) is 2.71. The highest BCUT2D eigenvalue weighted by molar-refractivity contribution is 6.33. The Morgan fingerprint density at radius 3 is 2.67 bits per heavy atom. The van der Waals surface area contributed by atoms with Crippen LogP contribution in [0.2, 0.25) is 5.02 Å². The molecule has 0 bridgehead atoms. The molecule has 5 nitrogen and oxygen atoms in total.